The summed E-state index contributed by atoms with van der Waals surface area (Å²) in [6, 6.07) is -5.21. The number of aromatic amines is 1. The van der Waals surface area contributed by atoms with Crippen LogP contribution >= 0.6 is 12.6 Å². The molecule has 0 saturated heterocycles. The number of rotatable bonds is 16. The molecule has 1 aromatic heterocycles. The van der Waals surface area contributed by atoms with Gasteiger partial charge in [0.1, 0.15) is 18.1 Å². The Morgan fingerprint density at radius 1 is 0.943 bits per heavy atom. The normalized spacial score (nSPS) is 14.1. The van der Waals surface area contributed by atoms with E-state index in [0.29, 0.717) is 5.69 Å². The van der Waals surface area contributed by atoms with Gasteiger partial charge in [-0.2, -0.15) is 12.6 Å². The zero-order valence-electron chi connectivity index (χ0n) is 18.6. The van der Waals surface area contributed by atoms with Crippen molar-refractivity contribution in [1.82, 2.24) is 25.9 Å². The predicted molar refractivity (Wildman–Crippen MR) is 123 cm³/mol. The van der Waals surface area contributed by atoms with Crippen LogP contribution in [0, 0.1) is 0 Å². The van der Waals surface area contributed by atoms with Crippen molar-refractivity contribution in [3.05, 3.63) is 18.2 Å². The topological polar surface area (TPSA) is 260 Å². The molecule has 4 atom stereocenters. The average Bonchev–Trinajstić information content (AvgIpc) is 3.30. The van der Waals surface area contributed by atoms with Crippen molar-refractivity contribution in [3.63, 3.8) is 0 Å². The minimum Gasteiger partial charge on any atom is -0.481 e. The number of carbonyl (C=O) groups excluding carboxylic acids is 4. The number of carboxylic acids is 2. The van der Waals surface area contributed by atoms with Gasteiger partial charge in [0, 0.05) is 36.9 Å². The Balaban J connectivity index is 3.03. The number of carboxylic acid groups (broad SMARTS) is 2. The molecular weight excluding hydrogens is 486 g/mol. The number of amides is 4. The smallest absolute Gasteiger partial charge is 0.327 e. The lowest BCUT2D eigenvalue weighted by Gasteiger charge is -2.24. The van der Waals surface area contributed by atoms with Gasteiger partial charge in [0.25, 0.3) is 0 Å². The quantitative estimate of drug-likeness (QED) is 0.1000. The number of nitrogens with zero attached hydrogens (tertiary/aromatic N) is 1. The number of nitrogens with one attached hydrogen (secondary N) is 4. The molecule has 0 radical (unpaired) electrons. The van der Waals surface area contributed by atoms with Gasteiger partial charge in [0.2, 0.25) is 23.6 Å². The minimum absolute atomic E-state index is 0.0955. The summed E-state index contributed by atoms with van der Waals surface area (Å²) in [5.74, 6) is -6.04. The van der Waals surface area contributed by atoms with Crippen molar-refractivity contribution < 1.29 is 39.0 Å². The van der Waals surface area contributed by atoms with Gasteiger partial charge in [-0.15, -0.1) is 0 Å². The Kier molecular flexibility index (Phi) is 12.2. The molecule has 0 saturated carbocycles. The summed E-state index contributed by atoms with van der Waals surface area (Å²) < 4.78 is 0. The molecule has 16 heteroatoms. The second-order valence-electron chi connectivity index (χ2n) is 7.53. The number of carbonyl (C=O) groups is 6. The first kappa shape index (κ1) is 29.4. The average molecular weight is 516 g/mol. The van der Waals surface area contributed by atoms with Crippen LogP contribution in [0.5, 0.6) is 0 Å². The molecule has 4 unspecified atom stereocenters. The van der Waals surface area contributed by atoms with Gasteiger partial charge in [-0.1, -0.05) is 0 Å². The fourth-order valence-electron chi connectivity index (χ4n) is 2.80. The maximum absolute atomic E-state index is 13.0. The summed E-state index contributed by atoms with van der Waals surface area (Å²) in [6.45, 7) is 0. The maximum atomic E-state index is 13.0. The van der Waals surface area contributed by atoms with Crippen molar-refractivity contribution in [3.8, 4) is 0 Å². The van der Waals surface area contributed by atoms with Crippen LogP contribution < -0.4 is 27.4 Å². The number of H-pyrrole nitrogens is 1. The van der Waals surface area contributed by atoms with Crippen LogP contribution in [0.3, 0.4) is 0 Å². The van der Waals surface area contributed by atoms with Gasteiger partial charge in [-0.25, -0.2) is 9.78 Å². The maximum Gasteiger partial charge on any atom is 0.327 e. The van der Waals surface area contributed by atoms with E-state index >= 15 is 0 Å². The first-order chi connectivity index (χ1) is 16.4. The molecule has 1 heterocycles. The molecule has 0 spiro atoms. The van der Waals surface area contributed by atoms with Gasteiger partial charge in [-0.3, -0.25) is 24.0 Å². The highest BCUT2D eigenvalue weighted by molar-refractivity contribution is 7.80. The van der Waals surface area contributed by atoms with Crippen LogP contribution in [-0.2, 0) is 35.2 Å². The van der Waals surface area contributed by atoms with Crippen LogP contribution in [-0.4, -0.2) is 85.7 Å². The van der Waals surface area contributed by atoms with E-state index in [-0.39, 0.29) is 37.9 Å². The second-order valence-corrected chi connectivity index (χ2v) is 7.89. The van der Waals surface area contributed by atoms with Crippen LogP contribution in [0.15, 0.2) is 12.5 Å². The molecular formula is C19H29N7O8S. The van der Waals surface area contributed by atoms with Crippen molar-refractivity contribution in [1.29, 1.82) is 0 Å². The van der Waals surface area contributed by atoms with Crippen LogP contribution in [0.4, 0.5) is 0 Å². The number of imidazole rings is 1. The molecule has 15 nitrogen and oxygen atoms in total. The summed E-state index contributed by atoms with van der Waals surface area (Å²) in [6.07, 6.45) is 1.57. The van der Waals surface area contributed by atoms with Crippen LogP contribution in [0.1, 0.15) is 31.4 Å². The van der Waals surface area contributed by atoms with E-state index < -0.39 is 59.7 Å². The molecule has 0 aromatic carbocycles. The second kappa shape index (κ2) is 14.6. The van der Waals surface area contributed by atoms with Crippen LogP contribution in [0.25, 0.3) is 0 Å². The first-order valence-corrected chi connectivity index (χ1v) is 11.1. The Bertz CT molecular complexity index is 911. The monoisotopic (exact) mass is 515 g/mol. The lowest BCUT2D eigenvalue weighted by molar-refractivity contribution is -0.142. The van der Waals surface area contributed by atoms with Gasteiger partial charge in [-0.05, 0) is 12.8 Å². The Morgan fingerprint density at radius 2 is 1.54 bits per heavy atom. The third-order valence-electron chi connectivity index (χ3n) is 4.73. The first-order valence-electron chi connectivity index (χ1n) is 10.4. The molecule has 35 heavy (non-hydrogen) atoms. The minimum atomic E-state index is -1.36. The van der Waals surface area contributed by atoms with E-state index in [9.17, 15) is 28.8 Å². The number of nitrogens with two attached hydrogens (primary N) is 2. The van der Waals surface area contributed by atoms with Crippen molar-refractivity contribution in [2.45, 2.75) is 56.3 Å². The lowest BCUT2D eigenvalue weighted by atomic mass is 10.1. The molecule has 194 valence electrons. The van der Waals surface area contributed by atoms with Crippen molar-refractivity contribution >= 4 is 48.2 Å². The summed E-state index contributed by atoms with van der Waals surface area (Å²) in [5, 5.41) is 24.9. The molecule has 0 aliphatic rings. The fourth-order valence-corrected chi connectivity index (χ4v) is 3.05. The highest BCUT2D eigenvalue weighted by Crippen LogP contribution is 2.05. The number of hydrogen-bond acceptors (Lipinski definition) is 9. The third kappa shape index (κ3) is 10.9. The standard InChI is InChI=1S/C19H29N7O8S/c20-10(1-4-15(28)29)16(30)25-12(5-9-6-22-8-23-9)18(32)24-11(2-3-14(21)27)17(31)26-13(7-35)19(33)34/h6,8,10-13,35H,1-5,7,20H2,(H2,21,27)(H,22,23)(H,24,32)(H,25,30)(H,26,31)(H,28,29)(H,33,34). The highest BCUT2D eigenvalue weighted by atomic mass is 32.1. The van der Waals surface area contributed by atoms with Crippen molar-refractivity contribution in [2.24, 2.45) is 11.5 Å². The molecule has 0 fully saturated rings. The number of thiol groups is 1. The Morgan fingerprint density at radius 3 is 2.06 bits per heavy atom. The van der Waals surface area contributed by atoms with E-state index in [1.165, 1.54) is 12.5 Å². The number of hydrogen-bond donors (Lipinski definition) is 9. The zero-order valence-corrected chi connectivity index (χ0v) is 19.5. The van der Waals surface area contributed by atoms with Crippen LogP contribution in [0.2, 0.25) is 0 Å². The third-order valence-corrected chi connectivity index (χ3v) is 5.09. The summed E-state index contributed by atoms with van der Waals surface area (Å²) in [4.78, 5) is 77.8. The summed E-state index contributed by atoms with van der Waals surface area (Å²) in [7, 11) is 0. The largest absolute Gasteiger partial charge is 0.481 e. The van der Waals surface area contributed by atoms with E-state index in [1.807, 2.05) is 0 Å². The SMILES string of the molecule is NC(=O)CCC(NC(=O)C(Cc1cnc[nH]1)NC(=O)C(N)CCC(=O)O)C(=O)NC(CS)C(=O)O. The summed E-state index contributed by atoms with van der Waals surface area (Å²) in [5.41, 5.74) is 11.3. The molecule has 0 bridgehead atoms. The van der Waals surface area contributed by atoms with Gasteiger partial charge in [0.15, 0.2) is 0 Å². The number of primary amides is 1. The number of aliphatic carboxylic acids is 2. The summed E-state index contributed by atoms with van der Waals surface area (Å²) >= 11 is 3.86. The molecule has 1 rings (SSSR count). The molecule has 10 N–H and O–H groups in total. The van der Waals surface area contributed by atoms with Gasteiger partial charge < -0.3 is 42.6 Å². The Hall–Kier alpha value is -3.66. The van der Waals surface area contributed by atoms with E-state index in [1.54, 1.807) is 0 Å². The van der Waals surface area contributed by atoms with E-state index in [0.717, 1.165) is 0 Å². The predicted octanol–water partition coefficient (Wildman–Crippen LogP) is -3.12. The zero-order chi connectivity index (χ0) is 26.5. The molecule has 4 amide bonds. The molecule has 1 aromatic rings. The van der Waals surface area contributed by atoms with E-state index in [4.69, 9.17) is 21.7 Å². The molecule has 0 aliphatic heterocycles. The molecule has 0 aliphatic carbocycles. The van der Waals surface area contributed by atoms with Gasteiger partial charge >= 0.3 is 11.9 Å². The number of aromatic nitrogens is 2. The van der Waals surface area contributed by atoms with E-state index in [2.05, 4.69) is 38.5 Å². The Labute approximate surface area is 205 Å². The fraction of sp³-hybridized carbons (Fsp3) is 0.526. The lowest BCUT2D eigenvalue weighted by Crippen LogP contribution is -2.58. The highest BCUT2D eigenvalue weighted by Gasteiger charge is 2.30. The van der Waals surface area contributed by atoms with Crippen molar-refractivity contribution in [2.75, 3.05) is 5.75 Å². The van der Waals surface area contributed by atoms with Gasteiger partial charge in [0.05, 0.1) is 12.4 Å².